The minimum atomic E-state index is -1.33. The standard InChI is InChI=1S/C10H15NO5/c12-8(13)5-7(10(15)16)11-9(14)6-3-1-2-4-6/h6-7H,1-5H2,(H,11,14)(H,12,13)(H,15,16). The van der Waals surface area contributed by atoms with Crippen LogP contribution >= 0.6 is 0 Å². The van der Waals surface area contributed by atoms with Crippen LogP contribution in [0, 0.1) is 5.92 Å². The van der Waals surface area contributed by atoms with E-state index in [9.17, 15) is 14.4 Å². The van der Waals surface area contributed by atoms with Crippen molar-refractivity contribution in [2.75, 3.05) is 0 Å². The molecule has 1 fully saturated rings. The van der Waals surface area contributed by atoms with Gasteiger partial charge in [0.15, 0.2) is 0 Å². The Kier molecular flexibility index (Phi) is 4.28. The van der Waals surface area contributed by atoms with Crippen molar-refractivity contribution in [2.45, 2.75) is 38.1 Å². The normalized spacial score (nSPS) is 18.0. The number of nitrogens with one attached hydrogen (secondary N) is 1. The Hall–Kier alpha value is -1.59. The first-order valence-corrected chi connectivity index (χ1v) is 5.25. The number of amides is 1. The van der Waals surface area contributed by atoms with Gasteiger partial charge in [-0.25, -0.2) is 4.79 Å². The maximum atomic E-state index is 11.6. The summed E-state index contributed by atoms with van der Waals surface area (Å²) in [6.07, 6.45) is 2.85. The lowest BCUT2D eigenvalue weighted by molar-refractivity contribution is -0.147. The molecule has 1 amide bonds. The van der Waals surface area contributed by atoms with Gasteiger partial charge in [-0.2, -0.15) is 0 Å². The summed E-state index contributed by atoms with van der Waals surface area (Å²) in [5.74, 6) is -3.05. The highest BCUT2D eigenvalue weighted by molar-refractivity contribution is 5.87. The second-order valence-electron chi connectivity index (χ2n) is 3.98. The van der Waals surface area contributed by atoms with Crippen molar-refractivity contribution in [3.63, 3.8) is 0 Å². The zero-order chi connectivity index (χ0) is 12.1. The topological polar surface area (TPSA) is 104 Å². The van der Waals surface area contributed by atoms with Crippen molar-refractivity contribution in [1.29, 1.82) is 0 Å². The molecule has 1 atom stereocenters. The van der Waals surface area contributed by atoms with Crippen LogP contribution < -0.4 is 5.32 Å². The average molecular weight is 229 g/mol. The number of rotatable bonds is 5. The Morgan fingerprint density at radius 1 is 1.19 bits per heavy atom. The number of carbonyl (C=O) groups is 3. The molecule has 0 aliphatic heterocycles. The van der Waals surface area contributed by atoms with Crippen LogP contribution in [0.1, 0.15) is 32.1 Å². The zero-order valence-electron chi connectivity index (χ0n) is 8.81. The third kappa shape index (κ3) is 3.52. The SMILES string of the molecule is O=C(O)CC(NC(=O)C1CCCC1)C(=O)O. The van der Waals surface area contributed by atoms with Crippen LogP contribution in [-0.4, -0.2) is 34.1 Å². The van der Waals surface area contributed by atoms with E-state index in [1.54, 1.807) is 0 Å². The van der Waals surface area contributed by atoms with Gasteiger partial charge < -0.3 is 15.5 Å². The first kappa shape index (κ1) is 12.5. The summed E-state index contributed by atoms with van der Waals surface area (Å²) in [5.41, 5.74) is 0. The van der Waals surface area contributed by atoms with E-state index in [4.69, 9.17) is 10.2 Å². The van der Waals surface area contributed by atoms with E-state index in [1.165, 1.54) is 0 Å². The molecule has 0 aromatic carbocycles. The second kappa shape index (κ2) is 5.48. The van der Waals surface area contributed by atoms with E-state index < -0.39 is 24.4 Å². The lowest BCUT2D eigenvalue weighted by Gasteiger charge is -2.15. The summed E-state index contributed by atoms with van der Waals surface area (Å²) in [4.78, 5) is 32.7. The molecule has 90 valence electrons. The van der Waals surface area contributed by atoms with Crippen molar-refractivity contribution in [1.82, 2.24) is 5.32 Å². The molecule has 1 saturated carbocycles. The van der Waals surface area contributed by atoms with Crippen LogP contribution in [0.4, 0.5) is 0 Å². The van der Waals surface area contributed by atoms with Crippen LogP contribution in [-0.2, 0) is 14.4 Å². The molecule has 0 aromatic heterocycles. The van der Waals surface area contributed by atoms with Gasteiger partial charge in [0.2, 0.25) is 5.91 Å². The minimum Gasteiger partial charge on any atom is -0.481 e. The van der Waals surface area contributed by atoms with E-state index in [1.807, 2.05) is 0 Å². The Labute approximate surface area is 92.6 Å². The molecule has 0 spiro atoms. The molecule has 1 aliphatic rings. The predicted molar refractivity (Wildman–Crippen MR) is 53.8 cm³/mol. The van der Waals surface area contributed by atoms with Gasteiger partial charge in [0, 0.05) is 5.92 Å². The summed E-state index contributed by atoms with van der Waals surface area (Å²) in [7, 11) is 0. The van der Waals surface area contributed by atoms with Crippen molar-refractivity contribution >= 4 is 17.8 Å². The number of carboxylic acid groups (broad SMARTS) is 2. The molecule has 6 heteroatoms. The zero-order valence-corrected chi connectivity index (χ0v) is 8.81. The van der Waals surface area contributed by atoms with E-state index in [0.717, 1.165) is 25.7 Å². The van der Waals surface area contributed by atoms with Crippen LogP contribution in [0.5, 0.6) is 0 Å². The highest BCUT2D eigenvalue weighted by Gasteiger charge is 2.28. The van der Waals surface area contributed by atoms with E-state index in [0.29, 0.717) is 0 Å². The molecule has 16 heavy (non-hydrogen) atoms. The number of hydrogen-bond donors (Lipinski definition) is 3. The maximum Gasteiger partial charge on any atom is 0.326 e. The van der Waals surface area contributed by atoms with Crippen molar-refractivity contribution < 1.29 is 24.6 Å². The Morgan fingerprint density at radius 2 is 1.75 bits per heavy atom. The van der Waals surface area contributed by atoms with Crippen molar-refractivity contribution in [2.24, 2.45) is 5.92 Å². The van der Waals surface area contributed by atoms with E-state index in [-0.39, 0.29) is 11.8 Å². The molecule has 1 aliphatic carbocycles. The minimum absolute atomic E-state index is 0.157. The Bertz CT molecular complexity index is 296. The lowest BCUT2D eigenvalue weighted by atomic mass is 10.1. The van der Waals surface area contributed by atoms with Crippen LogP contribution in [0.3, 0.4) is 0 Å². The molecular weight excluding hydrogens is 214 g/mol. The van der Waals surface area contributed by atoms with Gasteiger partial charge in [0.25, 0.3) is 0 Å². The fourth-order valence-electron chi connectivity index (χ4n) is 1.85. The fourth-order valence-corrected chi connectivity index (χ4v) is 1.85. The van der Waals surface area contributed by atoms with Crippen LogP contribution in [0.2, 0.25) is 0 Å². The third-order valence-electron chi connectivity index (χ3n) is 2.72. The summed E-state index contributed by atoms with van der Waals surface area (Å²) in [6, 6.07) is -1.33. The summed E-state index contributed by atoms with van der Waals surface area (Å²) in [5, 5.41) is 19.5. The molecule has 0 aromatic rings. The van der Waals surface area contributed by atoms with Gasteiger partial charge >= 0.3 is 11.9 Å². The summed E-state index contributed by atoms with van der Waals surface area (Å²) < 4.78 is 0. The molecule has 1 unspecified atom stereocenters. The van der Waals surface area contributed by atoms with E-state index in [2.05, 4.69) is 5.32 Å². The van der Waals surface area contributed by atoms with Gasteiger partial charge in [0.05, 0.1) is 6.42 Å². The predicted octanol–water partition coefficient (Wildman–Crippen LogP) is 0.221. The Balaban J connectivity index is 2.50. The van der Waals surface area contributed by atoms with Gasteiger partial charge in [-0.15, -0.1) is 0 Å². The molecule has 3 N–H and O–H groups in total. The number of hydrogen-bond acceptors (Lipinski definition) is 3. The molecule has 6 nitrogen and oxygen atoms in total. The highest BCUT2D eigenvalue weighted by Crippen LogP contribution is 2.24. The van der Waals surface area contributed by atoms with Gasteiger partial charge in [0.1, 0.15) is 6.04 Å². The number of carboxylic acids is 2. The largest absolute Gasteiger partial charge is 0.481 e. The molecule has 0 radical (unpaired) electrons. The lowest BCUT2D eigenvalue weighted by Crippen LogP contribution is -2.44. The number of aliphatic carboxylic acids is 2. The van der Waals surface area contributed by atoms with Crippen molar-refractivity contribution in [3.05, 3.63) is 0 Å². The van der Waals surface area contributed by atoms with Gasteiger partial charge in [-0.05, 0) is 12.8 Å². The highest BCUT2D eigenvalue weighted by atomic mass is 16.4. The van der Waals surface area contributed by atoms with Gasteiger partial charge in [-0.3, -0.25) is 9.59 Å². The smallest absolute Gasteiger partial charge is 0.326 e. The summed E-state index contributed by atoms with van der Waals surface area (Å²) >= 11 is 0. The fraction of sp³-hybridized carbons (Fsp3) is 0.700. The van der Waals surface area contributed by atoms with E-state index >= 15 is 0 Å². The van der Waals surface area contributed by atoms with Crippen LogP contribution in [0.15, 0.2) is 0 Å². The first-order valence-electron chi connectivity index (χ1n) is 5.25. The van der Waals surface area contributed by atoms with Crippen molar-refractivity contribution in [3.8, 4) is 0 Å². The third-order valence-corrected chi connectivity index (χ3v) is 2.72. The number of carbonyl (C=O) groups excluding carboxylic acids is 1. The quantitative estimate of drug-likeness (QED) is 0.625. The molecule has 0 saturated heterocycles. The first-order chi connectivity index (χ1) is 7.50. The molecule has 0 heterocycles. The van der Waals surface area contributed by atoms with Crippen LogP contribution in [0.25, 0.3) is 0 Å². The average Bonchev–Trinajstić information content (AvgIpc) is 2.68. The molecule has 1 rings (SSSR count). The molecule has 0 bridgehead atoms. The van der Waals surface area contributed by atoms with Gasteiger partial charge in [-0.1, -0.05) is 12.8 Å². The Morgan fingerprint density at radius 3 is 2.19 bits per heavy atom. The maximum absolute atomic E-state index is 11.6. The summed E-state index contributed by atoms with van der Waals surface area (Å²) in [6.45, 7) is 0. The monoisotopic (exact) mass is 229 g/mol. The second-order valence-corrected chi connectivity index (χ2v) is 3.98. The molecular formula is C10H15NO5.